The molecule has 0 N–H and O–H groups in total. The van der Waals surface area contributed by atoms with Crippen LogP contribution in [0.5, 0.6) is 0 Å². The lowest BCUT2D eigenvalue weighted by atomic mass is 9.85. The normalized spacial score (nSPS) is 14.0. The van der Waals surface area contributed by atoms with Gasteiger partial charge in [0.05, 0.1) is 4.90 Å². The maximum atomic E-state index is 13.0. The molecule has 126 valence electrons. The van der Waals surface area contributed by atoms with E-state index in [1.165, 1.54) is 4.31 Å². The Bertz CT molecular complexity index is 632. The summed E-state index contributed by atoms with van der Waals surface area (Å²) in [5.74, 6) is 0.288. The fourth-order valence-corrected chi connectivity index (χ4v) is 3.65. The van der Waals surface area contributed by atoms with Crippen LogP contribution in [-0.2, 0) is 15.4 Å². The first-order chi connectivity index (χ1) is 9.67. The number of benzene rings is 1. The van der Waals surface area contributed by atoms with Crippen LogP contribution in [0.4, 0.5) is 0 Å². The molecule has 0 fully saturated rings. The van der Waals surface area contributed by atoms with Crippen molar-refractivity contribution >= 4 is 10.0 Å². The van der Waals surface area contributed by atoms with Gasteiger partial charge in [-0.05, 0) is 55.4 Å². The lowest BCUT2D eigenvalue weighted by molar-refractivity contribution is 0.291. The molecule has 1 aromatic rings. The van der Waals surface area contributed by atoms with Crippen LogP contribution in [0.2, 0.25) is 0 Å². The Morgan fingerprint density at radius 1 is 0.955 bits per heavy atom. The fraction of sp³-hybridized carbons (Fsp3) is 0.667. The van der Waals surface area contributed by atoms with Crippen LogP contribution in [0.25, 0.3) is 0 Å². The summed E-state index contributed by atoms with van der Waals surface area (Å²) in [6.45, 7) is 16.2. The Hall–Kier alpha value is -0.870. The minimum atomic E-state index is -3.50. The summed E-state index contributed by atoms with van der Waals surface area (Å²) in [6.07, 6.45) is 0. The predicted molar refractivity (Wildman–Crippen MR) is 93.9 cm³/mol. The summed E-state index contributed by atoms with van der Waals surface area (Å²) in [7, 11) is -1.86. The maximum Gasteiger partial charge on any atom is 0.243 e. The van der Waals surface area contributed by atoms with E-state index in [0.29, 0.717) is 4.90 Å². The molecule has 4 heteroatoms. The van der Waals surface area contributed by atoms with Gasteiger partial charge in [0.2, 0.25) is 10.0 Å². The summed E-state index contributed by atoms with van der Waals surface area (Å²) in [6, 6.07) is 5.77. The average molecular weight is 326 g/mol. The second-order valence-corrected chi connectivity index (χ2v) is 10.3. The zero-order valence-electron chi connectivity index (χ0n) is 15.5. The van der Waals surface area contributed by atoms with Crippen LogP contribution in [0, 0.1) is 0 Å². The summed E-state index contributed by atoms with van der Waals surface area (Å²) in [4.78, 5) is 0.390. The van der Waals surface area contributed by atoms with E-state index >= 15 is 0 Å². The molecule has 0 aliphatic rings. The van der Waals surface area contributed by atoms with Crippen molar-refractivity contribution < 1.29 is 8.42 Å². The Kier molecular flexibility index (Phi) is 5.20. The SMILES string of the molecule is CC(C)c1cc(C(C)(C)C)cc(S(=O)(=O)N(C)C(C)(C)C)c1. The molecule has 0 saturated heterocycles. The van der Waals surface area contributed by atoms with Gasteiger partial charge in [-0.25, -0.2) is 8.42 Å². The molecule has 0 atom stereocenters. The monoisotopic (exact) mass is 325 g/mol. The van der Waals surface area contributed by atoms with Crippen molar-refractivity contribution in [3.8, 4) is 0 Å². The molecule has 0 saturated carbocycles. The van der Waals surface area contributed by atoms with Gasteiger partial charge >= 0.3 is 0 Å². The van der Waals surface area contributed by atoms with Gasteiger partial charge in [0.15, 0.2) is 0 Å². The van der Waals surface area contributed by atoms with Crippen LogP contribution in [0.1, 0.15) is 72.4 Å². The Morgan fingerprint density at radius 2 is 1.45 bits per heavy atom. The van der Waals surface area contributed by atoms with E-state index in [-0.39, 0.29) is 11.3 Å². The highest BCUT2D eigenvalue weighted by atomic mass is 32.2. The molecule has 0 spiro atoms. The topological polar surface area (TPSA) is 37.4 Å². The van der Waals surface area contributed by atoms with Gasteiger partial charge in [-0.3, -0.25) is 0 Å². The first-order valence-electron chi connectivity index (χ1n) is 7.82. The van der Waals surface area contributed by atoms with Crippen LogP contribution in [0.3, 0.4) is 0 Å². The average Bonchev–Trinajstić information content (AvgIpc) is 2.35. The van der Waals surface area contributed by atoms with Gasteiger partial charge in [0, 0.05) is 12.6 Å². The summed E-state index contributed by atoms with van der Waals surface area (Å²) in [5, 5.41) is 0. The predicted octanol–water partition coefficient (Wildman–Crippen LogP) is 4.53. The van der Waals surface area contributed by atoms with Gasteiger partial charge in [0.25, 0.3) is 0 Å². The lowest BCUT2D eigenvalue weighted by Gasteiger charge is -2.31. The smallest absolute Gasteiger partial charge is 0.207 e. The highest BCUT2D eigenvalue weighted by molar-refractivity contribution is 7.89. The largest absolute Gasteiger partial charge is 0.243 e. The van der Waals surface area contributed by atoms with E-state index in [2.05, 4.69) is 40.7 Å². The van der Waals surface area contributed by atoms with Crippen molar-refractivity contribution in [3.05, 3.63) is 29.3 Å². The van der Waals surface area contributed by atoms with Crippen LogP contribution in [0.15, 0.2) is 23.1 Å². The van der Waals surface area contributed by atoms with E-state index < -0.39 is 15.6 Å². The number of rotatable bonds is 3. The number of nitrogens with zero attached hydrogens (tertiary/aromatic N) is 1. The lowest BCUT2D eigenvalue weighted by Crippen LogP contribution is -2.42. The van der Waals surface area contributed by atoms with Gasteiger partial charge in [-0.15, -0.1) is 0 Å². The second-order valence-electron chi connectivity index (χ2n) is 8.34. The molecule has 0 aliphatic carbocycles. The minimum Gasteiger partial charge on any atom is -0.207 e. The van der Waals surface area contributed by atoms with Gasteiger partial charge < -0.3 is 0 Å². The molecule has 0 unspecified atom stereocenters. The molecule has 0 aliphatic heterocycles. The highest BCUT2D eigenvalue weighted by Gasteiger charge is 2.31. The van der Waals surface area contributed by atoms with E-state index in [1.807, 2.05) is 32.9 Å². The van der Waals surface area contributed by atoms with E-state index in [9.17, 15) is 8.42 Å². The Labute approximate surface area is 136 Å². The highest BCUT2D eigenvalue weighted by Crippen LogP contribution is 2.31. The first-order valence-corrected chi connectivity index (χ1v) is 9.26. The zero-order valence-corrected chi connectivity index (χ0v) is 16.3. The van der Waals surface area contributed by atoms with E-state index in [4.69, 9.17) is 0 Å². The third kappa shape index (κ3) is 4.11. The molecule has 1 rings (SSSR count). The summed E-state index contributed by atoms with van der Waals surface area (Å²) >= 11 is 0. The molecule has 0 amide bonds. The molecule has 0 heterocycles. The molecular formula is C18H31NO2S. The maximum absolute atomic E-state index is 13.0. The second kappa shape index (κ2) is 5.97. The number of sulfonamides is 1. The van der Waals surface area contributed by atoms with Crippen molar-refractivity contribution in [2.24, 2.45) is 0 Å². The van der Waals surface area contributed by atoms with Crippen molar-refractivity contribution in [1.82, 2.24) is 4.31 Å². The zero-order chi connectivity index (χ0) is 17.5. The molecule has 0 bridgehead atoms. The van der Waals surface area contributed by atoms with Crippen LogP contribution >= 0.6 is 0 Å². The molecule has 0 aromatic heterocycles. The summed E-state index contributed by atoms with van der Waals surface area (Å²) in [5.41, 5.74) is 1.58. The van der Waals surface area contributed by atoms with Crippen LogP contribution in [-0.4, -0.2) is 25.3 Å². The van der Waals surface area contributed by atoms with Crippen molar-refractivity contribution in [3.63, 3.8) is 0 Å². The van der Waals surface area contributed by atoms with Gasteiger partial charge in [-0.2, -0.15) is 4.31 Å². The standard InChI is InChI=1S/C18H31NO2S/c1-13(2)14-10-15(17(3,4)5)12-16(11-14)22(20,21)19(9)18(6,7)8/h10-13H,1-9H3. The fourth-order valence-electron chi connectivity index (χ4n) is 2.06. The molecule has 3 nitrogen and oxygen atoms in total. The Morgan fingerprint density at radius 3 is 1.82 bits per heavy atom. The molecule has 22 heavy (non-hydrogen) atoms. The molecule has 0 radical (unpaired) electrons. The Balaban J connectivity index is 3.57. The van der Waals surface area contributed by atoms with Crippen molar-refractivity contribution in [2.75, 3.05) is 7.05 Å². The quantitative estimate of drug-likeness (QED) is 0.819. The van der Waals surface area contributed by atoms with Crippen molar-refractivity contribution in [1.29, 1.82) is 0 Å². The minimum absolute atomic E-state index is 0.0878. The third-order valence-electron chi connectivity index (χ3n) is 4.06. The third-order valence-corrected chi connectivity index (χ3v) is 6.16. The first kappa shape index (κ1) is 19.2. The van der Waals surface area contributed by atoms with Crippen molar-refractivity contribution in [2.45, 2.75) is 77.2 Å². The van der Waals surface area contributed by atoms with Gasteiger partial charge in [-0.1, -0.05) is 40.7 Å². The summed E-state index contributed by atoms with van der Waals surface area (Å²) < 4.78 is 27.4. The van der Waals surface area contributed by atoms with Gasteiger partial charge in [0.1, 0.15) is 0 Å². The number of hydrogen-bond donors (Lipinski definition) is 0. The number of hydrogen-bond acceptors (Lipinski definition) is 2. The molecular weight excluding hydrogens is 294 g/mol. The molecule has 1 aromatic carbocycles. The van der Waals surface area contributed by atoms with Crippen LogP contribution < -0.4 is 0 Å². The van der Waals surface area contributed by atoms with E-state index in [0.717, 1.165) is 11.1 Å². The van der Waals surface area contributed by atoms with E-state index in [1.54, 1.807) is 7.05 Å².